The molecule has 7 nitrogen and oxygen atoms in total. The molecule has 1 heterocycles. The van der Waals surface area contributed by atoms with Crippen molar-refractivity contribution in [2.24, 2.45) is 0 Å². The fourth-order valence-electron chi connectivity index (χ4n) is 1.48. The fourth-order valence-corrected chi connectivity index (χ4v) is 1.75. The Morgan fingerprint density at radius 3 is 2.67 bits per heavy atom. The quantitative estimate of drug-likeness (QED) is 0.389. The second-order valence-corrected chi connectivity index (χ2v) is 4.67. The molecule has 0 radical (unpaired) electrons. The molecule has 9 heteroatoms. The largest absolute Gasteiger partial charge is 0.506 e. The summed E-state index contributed by atoms with van der Waals surface area (Å²) in [5.41, 5.74) is -0.272. The van der Waals surface area contributed by atoms with Gasteiger partial charge in [0, 0.05) is 18.3 Å². The van der Waals surface area contributed by atoms with Crippen LogP contribution in [-0.4, -0.2) is 20.9 Å². The van der Waals surface area contributed by atoms with E-state index >= 15 is 0 Å². The van der Waals surface area contributed by atoms with Crippen molar-refractivity contribution in [3.8, 4) is 5.75 Å². The van der Waals surface area contributed by atoms with E-state index in [0.717, 1.165) is 18.2 Å². The van der Waals surface area contributed by atoms with E-state index in [2.05, 4.69) is 10.3 Å². The van der Waals surface area contributed by atoms with Crippen LogP contribution >= 0.6 is 23.2 Å². The smallest absolute Gasteiger partial charge is 0.271 e. The lowest BCUT2D eigenvalue weighted by molar-refractivity contribution is -0.384. The summed E-state index contributed by atoms with van der Waals surface area (Å²) >= 11 is 11.4. The summed E-state index contributed by atoms with van der Waals surface area (Å²) in [5, 5.41) is 22.8. The van der Waals surface area contributed by atoms with Crippen molar-refractivity contribution in [2.75, 3.05) is 5.32 Å². The second-order valence-electron chi connectivity index (χ2n) is 3.91. The number of nitro groups is 1. The molecule has 0 aliphatic heterocycles. The van der Waals surface area contributed by atoms with Gasteiger partial charge in [-0.2, -0.15) is 0 Å². The van der Waals surface area contributed by atoms with Gasteiger partial charge in [0.25, 0.3) is 11.6 Å². The topological polar surface area (TPSA) is 105 Å². The highest BCUT2D eigenvalue weighted by atomic mass is 35.5. The summed E-state index contributed by atoms with van der Waals surface area (Å²) < 4.78 is 0. The summed E-state index contributed by atoms with van der Waals surface area (Å²) in [4.78, 5) is 25.7. The average molecular weight is 328 g/mol. The van der Waals surface area contributed by atoms with Gasteiger partial charge in [-0.3, -0.25) is 14.9 Å². The number of halogens is 2. The zero-order valence-corrected chi connectivity index (χ0v) is 11.7. The minimum atomic E-state index is -0.643. The van der Waals surface area contributed by atoms with Crippen LogP contribution in [0.5, 0.6) is 5.75 Å². The molecule has 1 aromatic heterocycles. The van der Waals surface area contributed by atoms with Crippen molar-refractivity contribution in [3.05, 3.63) is 56.3 Å². The Morgan fingerprint density at radius 2 is 2.05 bits per heavy atom. The third-order valence-electron chi connectivity index (χ3n) is 2.50. The van der Waals surface area contributed by atoms with Crippen LogP contribution in [0.1, 0.15) is 10.4 Å². The number of hydrogen-bond acceptors (Lipinski definition) is 5. The standard InChI is InChI=1S/C12H7Cl2N3O4/c13-8-3-6(5-15-11(8)14)12(19)16-9-4-7(17(20)21)1-2-10(9)18/h1-5,18H,(H,16,19). The van der Waals surface area contributed by atoms with Crippen molar-refractivity contribution in [1.82, 2.24) is 4.98 Å². The normalized spacial score (nSPS) is 10.2. The fraction of sp³-hybridized carbons (Fsp3) is 0. The molecule has 1 amide bonds. The number of phenolic OH excluding ortho intramolecular Hbond substituents is 1. The second kappa shape index (κ2) is 5.94. The minimum Gasteiger partial charge on any atom is -0.506 e. The summed E-state index contributed by atoms with van der Waals surface area (Å²) in [7, 11) is 0. The van der Waals surface area contributed by atoms with Crippen molar-refractivity contribution in [3.63, 3.8) is 0 Å². The molecule has 0 saturated carbocycles. The summed E-state index contributed by atoms with van der Waals surface area (Å²) in [6, 6.07) is 4.56. The number of carbonyl (C=O) groups is 1. The Balaban J connectivity index is 2.28. The summed E-state index contributed by atoms with van der Waals surface area (Å²) in [6.07, 6.45) is 1.19. The van der Waals surface area contributed by atoms with Crippen LogP contribution in [0.4, 0.5) is 11.4 Å². The average Bonchev–Trinajstić information content (AvgIpc) is 2.43. The Bertz CT molecular complexity index is 736. The number of amides is 1. The molecule has 0 aliphatic rings. The lowest BCUT2D eigenvalue weighted by atomic mass is 10.2. The van der Waals surface area contributed by atoms with E-state index in [-0.39, 0.29) is 32.9 Å². The summed E-state index contributed by atoms with van der Waals surface area (Å²) in [5.74, 6) is -0.946. The third-order valence-corrected chi connectivity index (χ3v) is 3.18. The van der Waals surface area contributed by atoms with Crippen LogP contribution in [0.15, 0.2) is 30.5 Å². The molecule has 0 atom stereocenters. The highest BCUT2D eigenvalue weighted by Gasteiger charge is 2.15. The van der Waals surface area contributed by atoms with Crippen LogP contribution in [0, 0.1) is 10.1 Å². The predicted molar refractivity (Wildman–Crippen MR) is 77.0 cm³/mol. The van der Waals surface area contributed by atoms with Crippen molar-refractivity contribution >= 4 is 40.5 Å². The maximum absolute atomic E-state index is 12.0. The number of rotatable bonds is 3. The molecule has 1 aromatic carbocycles. The lowest BCUT2D eigenvalue weighted by Crippen LogP contribution is -2.12. The number of aromatic hydroxyl groups is 1. The molecule has 21 heavy (non-hydrogen) atoms. The first-order valence-electron chi connectivity index (χ1n) is 5.48. The molecule has 0 bridgehead atoms. The Hall–Kier alpha value is -2.38. The van der Waals surface area contributed by atoms with Crippen LogP contribution in [0.3, 0.4) is 0 Å². The maximum Gasteiger partial charge on any atom is 0.271 e. The van der Waals surface area contributed by atoms with E-state index in [0.29, 0.717) is 0 Å². The van der Waals surface area contributed by atoms with E-state index in [4.69, 9.17) is 23.2 Å². The van der Waals surface area contributed by atoms with Gasteiger partial charge in [0.2, 0.25) is 0 Å². The predicted octanol–water partition coefficient (Wildman–Crippen LogP) is 3.25. The van der Waals surface area contributed by atoms with Gasteiger partial charge in [0.1, 0.15) is 10.9 Å². The highest BCUT2D eigenvalue weighted by Crippen LogP contribution is 2.28. The van der Waals surface area contributed by atoms with Gasteiger partial charge < -0.3 is 10.4 Å². The van der Waals surface area contributed by atoms with Gasteiger partial charge in [-0.15, -0.1) is 0 Å². The summed E-state index contributed by atoms with van der Waals surface area (Å²) in [6.45, 7) is 0. The van der Waals surface area contributed by atoms with Crippen LogP contribution in [-0.2, 0) is 0 Å². The van der Waals surface area contributed by atoms with E-state index in [9.17, 15) is 20.0 Å². The minimum absolute atomic E-state index is 0.0476. The molecule has 0 spiro atoms. The van der Waals surface area contributed by atoms with E-state index in [1.54, 1.807) is 0 Å². The van der Waals surface area contributed by atoms with Crippen molar-refractivity contribution < 1.29 is 14.8 Å². The lowest BCUT2D eigenvalue weighted by Gasteiger charge is -2.07. The molecular weight excluding hydrogens is 321 g/mol. The zero-order chi connectivity index (χ0) is 15.6. The van der Waals surface area contributed by atoms with Gasteiger partial charge in [0.05, 0.1) is 21.2 Å². The zero-order valence-electron chi connectivity index (χ0n) is 10.2. The molecule has 2 aromatic rings. The Morgan fingerprint density at radius 1 is 1.33 bits per heavy atom. The number of nitro benzene ring substituents is 1. The number of benzene rings is 1. The van der Waals surface area contributed by atoms with Crippen LogP contribution < -0.4 is 5.32 Å². The Labute approximate surface area is 128 Å². The number of nitrogens with one attached hydrogen (secondary N) is 1. The molecule has 2 rings (SSSR count). The van der Waals surface area contributed by atoms with Crippen LogP contribution in [0.2, 0.25) is 10.2 Å². The molecular formula is C12H7Cl2N3O4. The van der Waals surface area contributed by atoms with Gasteiger partial charge in [-0.25, -0.2) is 4.98 Å². The van der Waals surface area contributed by atoms with Crippen molar-refractivity contribution in [2.45, 2.75) is 0 Å². The molecule has 108 valence electrons. The number of phenols is 1. The van der Waals surface area contributed by atoms with E-state index in [1.807, 2.05) is 0 Å². The number of aromatic nitrogens is 1. The number of anilines is 1. The van der Waals surface area contributed by atoms with Crippen molar-refractivity contribution in [1.29, 1.82) is 0 Å². The number of pyridine rings is 1. The van der Waals surface area contributed by atoms with Gasteiger partial charge in [-0.05, 0) is 12.1 Å². The van der Waals surface area contributed by atoms with Gasteiger partial charge in [-0.1, -0.05) is 23.2 Å². The Kier molecular flexibility index (Phi) is 4.25. The monoisotopic (exact) mass is 327 g/mol. The first-order chi connectivity index (χ1) is 9.88. The molecule has 0 fully saturated rings. The molecule has 0 aliphatic carbocycles. The maximum atomic E-state index is 12.0. The molecule has 2 N–H and O–H groups in total. The van der Waals surface area contributed by atoms with Gasteiger partial charge >= 0.3 is 0 Å². The molecule has 0 unspecified atom stereocenters. The first-order valence-corrected chi connectivity index (χ1v) is 6.24. The van der Waals surface area contributed by atoms with E-state index in [1.165, 1.54) is 12.3 Å². The van der Waals surface area contributed by atoms with E-state index < -0.39 is 10.8 Å². The number of nitrogens with zero attached hydrogens (tertiary/aromatic N) is 2. The first kappa shape index (κ1) is 15.0. The molecule has 0 saturated heterocycles. The highest BCUT2D eigenvalue weighted by molar-refractivity contribution is 6.41. The third kappa shape index (κ3) is 3.39. The number of hydrogen-bond donors (Lipinski definition) is 2. The SMILES string of the molecule is O=C(Nc1cc([N+](=O)[O-])ccc1O)c1cnc(Cl)c(Cl)c1. The van der Waals surface area contributed by atoms with Crippen LogP contribution in [0.25, 0.3) is 0 Å². The number of carbonyl (C=O) groups excluding carboxylic acids is 1. The number of non-ortho nitro benzene ring substituents is 1. The van der Waals surface area contributed by atoms with Gasteiger partial charge in [0.15, 0.2) is 0 Å².